The van der Waals surface area contributed by atoms with Gasteiger partial charge in [0.1, 0.15) is 5.75 Å². The number of nitrogens with zero attached hydrogens (tertiary/aromatic N) is 3. The number of methoxy groups -OCH3 is 1. The van der Waals surface area contributed by atoms with Crippen molar-refractivity contribution in [2.24, 2.45) is 0 Å². The fourth-order valence-corrected chi connectivity index (χ4v) is 4.54. The summed E-state index contributed by atoms with van der Waals surface area (Å²) in [5.41, 5.74) is 4.59. The molecule has 1 aliphatic rings. The van der Waals surface area contributed by atoms with Crippen molar-refractivity contribution >= 4 is 28.7 Å². The third kappa shape index (κ3) is 3.54. The number of carbonyl (C=O) groups excluding carboxylic acids is 1. The second-order valence-corrected chi connectivity index (χ2v) is 7.56. The van der Waals surface area contributed by atoms with E-state index >= 15 is 0 Å². The zero-order valence-electron chi connectivity index (χ0n) is 15.6. The highest BCUT2D eigenvalue weighted by Gasteiger charge is 2.22. The van der Waals surface area contributed by atoms with Crippen LogP contribution in [0.15, 0.2) is 47.6 Å². The Balaban J connectivity index is 1.46. The Morgan fingerprint density at radius 1 is 1.22 bits per heavy atom. The van der Waals surface area contributed by atoms with Crippen molar-refractivity contribution in [3.8, 4) is 5.75 Å². The molecule has 1 amide bonds. The Kier molecular flexibility index (Phi) is 5.07. The largest absolute Gasteiger partial charge is 0.497 e. The van der Waals surface area contributed by atoms with Crippen LogP contribution in [0.4, 0.5) is 0 Å². The quantitative estimate of drug-likeness (QED) is 0.632. The van der Waals surface area contributed by atoms with Gasteiger partial charge in [-0.05, 0) is 48.7 Å². The number of para-hydroxylation sites is 2. The van der Waals surface area contributed by atoms with Gasteiger partial charge in [-0.25, -0.2) is 4.98 Å². The van der Waals surface area contributed by atoms with Gasteiger partial charge in [0.15, 0.2) is 5.16 Å². The van der Waals surface area contributed by atoms with Crippen LogP contribution in [0.5, 0.6) is 5.75 Å². The van der Waals surface area contributed by atoms with E-state index in [1.807, 2.05) is 35.2 Å². The van der Waals surface area contributed by atoms with Gasteiger partial charge in [-0.2, -0.15) is 0 Å². The minimum Gasteiger partial charge on any atom is -0.497 e. The predicted octanol–water partition coefficient (Wildman–Crippen LogP) is 3.74. The van der Waals surface area contributed by atoms with Crippen LogP contribution in [0.25, 0.3) is 11.0 Å². The molecule has 0 saturated heterocycles. The van der Waals surface area contributed by atoms with Crippen molar-refractivity contribution in [2.75, 3.05) is 19.4 Å². The highest BCUT2D eigenvalue weighted by Crippen LogP contribution is 2.27. The summed E-state index contributed by atoms with van der Waals surface area (Å²) < 4.78 is 7.49. The molecule has 0 saturated carbocycles. The third-order valence-corrected chi connectivity index (χ3v) is 6.00. The lowest BCUT2D eigenvalue weighted by molar-refractivity contribution is -0.129. The average molecular weight is 382 g/mol. The van der Waals surface area contributed by atoms with Crippen LogP contribution in [-0.4, -0.2) is 39.8 Å². The van der Waals surface area contributed by atoms with Gasteiger partial charge in [0.25, 0.3) is 0 Å². The van der Waals surface area contributed by atoms with E-state index in [1.165, 1.54) is 22.9 Å². The van der Waals surface area contributed by atoms with Gasteiger partial charge in [0.2, 0.25) is 5.91 Å². The maximum Gasteiger partial charge on any atom is 0.233 e. The van der Waals surface area contributed by atoms with Gasteiger partial charge in [0, 0.05) is 19.6 Å². The van der Waals surface area contributed by atoms with Crippen LogP contribution < -0.4 is 4.74 Å². The zero-order chi connectivity index (χ0) is 18.8. The molecule has 2 heterocycles. The molecule has 0 aliphatic carbocycles. The number of hydrogen-bond donors (Lipinski definition) is 0. The maximum absolute atomic E-state index is 12.8. The molecule has 5 nitrogen and oxygen atoms in total. The Morgan fingerprint density at radius 2 is 2.07 bits per heavy atom. The lowest BCUT2D eigenvalue weighted by Gasteiger charge is -2.29. The van der Waals surface area contributed by atoms with Crippen molar-refractivity contribution in [2.45, 2.75) is 31.6 Å². The summed E-state index contributed by atoms with van der Waals surface area (Å²) in [5, 5.41) is 0.908. The van der Waals surface area contributed by atoms with Crippen molar-refractivity contribution in [3.63, 3.8) is 0 Å². The molecule has 0 atom stereocenters. The van der Waals surface area contributed by atoms with Crippen molar-refractivity contribution < 1.29 is 9.53 Å². The smallest absolute Gasteiger partial charge is 0.233 e. The Morgan fingerprint density at radius 3 is 2.89 bits per heavy atom. The summed E-state index contributed by atoms with van der Waals surface area (Å²) in [7, 11) is 1.67. The molecule has 27 heavy (non-hydrogen) atoms. The molecule has 0 N–H and O–H groups in total. The van der Waals surface area contributed by atoms with E-state index < -0.39 is 0 Å². The van der Waals surface area contributed by atoms with Crippen LogP contribution in [0, 0.1) is 0 Å². The molecule has 3 aromatic rings. The van der Waals surface area contributed by atoms with Gasteiger partial charge in [-0.1, -0.05) is 30.0 Å². The molecule has 0 bridgehead atoms. The number of imidazole rings is 1. The van der Waals surface area contributed by atoms with Crippen molar-refractivity contribution in [1.82, 2.24) is 14.5 Å². The van der Waals surface area contributed by atoms with Gasteiger partial charge in [0.05, 0.1) is 23.9 Å². The Labute approximate surface area is 163 Å². The molecule has 1 aliphatic heterocycles. The minimum absolute atomic E-state index is 0.156. The van der Waals surface area contributed by atoms with Crippen molar-refractivity contribution in [1.29, 1.82) is 0 Å². The number of aromatic nitrogens is 2. The van der Waals surface area contributed by atoms with Gasteiger partial charge < -0.3 is 14.2 Å². The van der Waals surface area contributed by atoms with Crippen LogP contribution in [0.3, 0.4) is 0 Å². The number of hydrogen-bond acceptors (Lipinski definition) is 4. The predicted molar refractivity (Wildman–Crippen MR) is 108 cm³/mol. The molecule has 140 valence electrons. The van der Waals surface area contributed by atoms with E-state index in [-0.39, 0.29) is 5.91 Å². The first kappa shape index (κ1) is 17.9. The fourth-order valence-electron chi connectivity index (χ4n) is 3.56. The Bertz CT molecular complexity index is 983. The molecule has 1 aromatic heterocycles. The van der Waals surface area contributed by atoms with Crippen LogP contribution in [0.1, 0.15) is 18.1 Å². The number of amides is 1. The van der Waals surface area contributed by atoms with Crippen LogP contribution in [-0.2, 0) is 24.3 Å². The SMILES string of the molecule is CCn1c(SCC(=O)N2CCc3ccc(OC)cc3C2)nc2ccccc21. The van der Waals surface area contributed by atoms with E-state index in [1.54, 1.807) is 7.11 Å². The molecule has 2 aromatic carbocycles. The second-order valence-electron chi connectivity index (χ2n) is 6.62. The van der Waals surface area contributed by atoms with Gasteiger partial charge in [-0.15, -0.1) is 0 Å². The molecule has 0 unspecified atom stereocenters. The highest BCUT2D eigenvalue weighted by atomic mass is 32.2. The summed E-state index contributed by atoms with van der Waals surface area (Å²) in [6, 6.07) is 14.2. The third-order valence-electron chi connectivity index (χ3n) is 5.04. The van der Waals surface area contributed by atoms with E-state index in [0.29, 0.717) is 12.3 Å². The second kappa shape index (κ2) is 7.64. The number of ether oxygens (including phenoxy) is 1. The summed E-state index contributed by atoms with van der Waals surface area (Å²) in [5.74, 6) is 1.40. The maximum atomic E-state index is 12.8. The van der Waals surface area contributed by atoms with E-state index in [4.69, 9.17) is 9.72 Å². The first-order chi connectivity index (χ1) is 13.2. The fraction of sp³-hybridized carbons (Fsp3) is 0.333. The summed E-state index contributed by atoms with van der Waals surface area (Å²) in [6.07, 6.45) is 0.892. The van der Waals surface area contributed by atoms with Crippen LogP contribution >= 0.6 is 11.8 Å². The molecule has 0 spiro atoms. The first-order valence-electron chi connectivity index (χ1n) is 9.21. The zero-order valence-corrected chi connectivity index (χ0v) is 16.5. The van der Waals surface area contributed by atoms with Gasteiger partial charge in [-0.3, -0.25) is 4.79 Å². The van der Waals surface area contributed by atoms with Gasteiger partial charge >= 0.3 is 0 Å². The molecule has 0 radical (unpaired) electrons. The topological polar surface area (TPSA) is 47.4 Å². The molecular weight excluding hydrogens is 358 g/mol. The number of aryl methyl sites for hydroxylation is 1. The lowest BCUT2D eigenvalue weighted by Crippen LogP contribution is -2.37. The number of benzene rings is 2. The molecule has 6 heteroatoms. The summed E-state index contributed by atoms with van der Waals surface area (Å²) >= 11 is 1.52. The number of thioether (sulfide) groups is 1. The van der Waals surface area contributed by atoms with E-state index in [2.05, 4.69) is 23.6 Å². The Hall–Kier alpha value is -2.47. The average Bonchev–Trinajstić information content (AvgIpc) is 3.08. The van der Waals surface area contributed by atoms with E-state index in [0.717, 1.165) is 41.4 Å². The number of rotatable bonds is 5. The minimum atomic E-state index is 0.156. The first-order valence-corrected chi connectivity index (χ1v) is 10.2. The number of carbonyl (C=O) groups is 1. The summed E-state index contributed by atoms with van der Waals surface area (Å²) in [6.45, 7) is 4.36. The highest BCUT2D eigenvalue weighted by molar-refractivity contribution is 7.99. The summed E-state index contributed by atoms with van der Waals surface area (Å²) in [4.78, 5) is 19.4. The number of fused-ring (bicyclic) bond motifs is 2. The van der Waals surface area contributed by atoms with Crippen LogP contribution in [0.2, 0.25) is 0 Å². The molecule has 0 fully saturated rings. The lowest BCUT2D eigenvalue weighted by atomic mass is 9.99. The monoisotopic (exact) mass is 381 g/mol. The molecular formula is C21H23N3O2S. The normalized spacial score (nSPS) is 13.6. The standard InChI is InChI=1S/C21H23N3O2S/c1-3-24-19-7-5-4-6-18(19)22-21(24)27-14-20(25)23-11-10-15-8-9-17(26-2)12-16(15)13-23/h4-9,12H,3,10-11,13-14H2,1-2H3. The van der Waals surface area contributed by atoms with E-state index in [9.17, 15) is 4.79 Å². The molecule has 4 rings (SSSR count). The van der Waals surface area contributed by atoms with Crippen molar-refractivity contribution in [3.05, 3.63) is 53.6 Å².